The standard InChI is InChI=1S/C26H20ClF3N2O4/c1-2-35-20-13-11-18(12-14-20)31-24(33)21-22(15-3-5-16(6-4-15)26(28,29)30)32(36-23(21)25(31)34)19-9-7-17(27)8-10-19/h3-14,21-23H,2H2,1H3. The van der Waals surface area contributed by atoms with Gasteiger partial charge in [-0.1, -0.05) is 23.7 Å². The number of hydrogen-bond acceptors (Lipinski definition) is 5. The van der Waals surface area contributed by atoms with Crippen molar-refractivity contribution < 1.29 is 32.3 Å². The number of amides is 2. The molecular formula is C26H20ClF3N2O4. The number of carbonyl (C=O) groups excluding carboxylic acids is 2. The van der Waals surface area contributed by atoms with Crippen molar-refractivity contribution in [1.29, 1.82) is 0 Å². The van der Waals surface area contributed by atoms with Gasteiger partial charge in [0, 0.05) is 5.02 Å². The lowest BCUT2D eigenvalue weighted by atomic mass is 9.90. The molecule has 0 aliphatic carbocycles. The monoisotopic (exact) mass is 516 g/mol. The Labute approximate surface area is 209 Å². The lowest BCUT2D eigenvalue weighted by Crippen LogP contribution is -2.37. The Hall–Kier alpha value is -3.56. The van der Waals surface area contributed by atoms with Gasteiger partial charge in [0.2, 0.25) is 5.91 Å². The second-order valence-corrected chi connectivity index (χ2v) is 8.79. The fraction of sp³-hybridized carbons (Fsp3) is 0.231. The first-order valence-corrected chi connectivity index (χ1v) is 11.6. The molecule has 6 nitrogen and oxygen atoms in total. The van der Waals surface area contributed by atoms with Crippen molar-refractivity contribution >= 4 is 34.8 Å². The number of ether oxygens (including phenoxy) is 1. The summed E-state index contributed by atoms with van der Waals surface area (Å²) in [5.74, 6) is -1.44. The molecular weight excluding hydrogens is 497 g/mol. The van der Waals surface area contributed by atoms with Crippen LogP contribution in [0.25, 0.3) is 0 Å². The summed E-state index contributed by atoms with van der Waals surface area (Å²) in [4.78, 5) is 34.0. The topological polar surface area (TPSA) is 59.1 Å². The van der Waals surface area contributed by atoms with Gasteiger partial charge in [0.25, 0.3) is 5.91 Å². The van der Waals surface area contributed by atoms with E-state index in [-0.39, 0.29) is 0 Å². The molecule has 0 bridgehead atoms. The van der Waals surface area contributed by atoms with E-state index in [2.05, 4.69) is 0 Å². The van der Waals surface area contributed by atoms with Crippen LogP contribution in [0.1, 0.15) is 24.1 Å². The Bertz CT molecular complexity index is 1280. The van der Waals surface area contributed by atoms with Crippen molar-refractivity contribution in [2.75, 3.05) is 16.6 Å². The summed E-state index contributed by atoms with van der Waals surface area (Å²) in [6, 6.07) is 16.7. The van der Waals surface area contributed by atoms with Crippen molar-refractivity contribution in [3.63, 3.8) is 0 Å². The fourth-order valence-electron chi connectivity index (χ4n) is 4.55. The normalized spacial score (nSPS) is 21.8. The molecule has 10 heteroatoms. The van der Waals surface area contributed by atoms with Crippen molar-refractivity contribution in [2.45, 2.75) is 25.2 Å². The Morgan fingerprint density at radius 3 is 2.08 bits per heavy atom. The van der Waals surface area contributed by atoms with Gasteiger partial charge < -0.3 is 4.74 Å². The van der Waals surface area contributed by atoms with Crippen LogP contribution in [0.5, 0.6) is 5.75 Å². The third-order valence-corrected chi connectivity index (χ3v) is 6.43. The molecule has 0 saturated carbocycles. The third-order valence-electron chi connectivity index (χ3n) is 6.18. The maximum absolute atomic E-state index is 13.6. The molecule has 2 aliphatic rings. The zero-order valence-electron chi connectivity index (χ0n) is 18.9. The molecule has 3 aromatic carbocycles. The van der Waals surface area contributed by atoms with Gasteiger partial charge in [-0.15, -0.1) is 0 Å². The predicted molar refractivity (Wildman–Crippen MR) is 127 cm³/mol. The minimum Gasteiger partial charge on any atom is -0.494 e. The van der Waals surface area contributed by atoms with E-state index in [0.717, 1.165) is 17.0 Å². The van der Waals surface area contributed by atoms with Crippen molar-refractivity contribution in [3.05, 3.63) is 88.9 Å². The SMILES string of the molecule is CCOc1ccc(N2C(=O)C3ON(c4ccc(Cl)cc4)C(c4ccc(C(F)(F)F)cc4)C3C2=O)cc1. The highest BCUT2D eigenvalue weighted by Crippen LogP contribution is 2.48. The van der Waals surface area contributed by atoms with Crippen LogP contribution in [0, 0.1) is 5.92 Å². The largest absolute Gasteiger partial charge is 0.494 e. The Morgan fingerprint density at radius 1 is 0.889 bits per heavy atom. The average Bonchev–Trinajstić information content (AvgIpc) is 3.36. The second kappa shape index (κ2) is 9.15. The minimum atomic E-state index is -4.51. The van der Waals surface area contributed by atoms with Crippen LogP contribution in [0.3, 0.4) is 0 Å². The molecule has 2 heterocycles. The van der Waals surface area contributed by atoms with Gasteiger partial charge in [-0.05, 0) is 73.2 Å². The van der Waals surface area contributed by atoms with Gasteiger partial charge in [-0.3, -0.25) is 14.4 Å². The van der Waals surface area contributed by atoms with Crippen molar-refractivity contribution in [1.82, 2.24) is 0 Å². The minimum absolute atomic E-state index is 0.357. The average molecular weight is 517 g/mol. The Morgan fingerprint density at radius 2 is 1.50 bits per heavy atom. The molecule has 0 N–H and O–H groups in total. The lowest BCUT2D eigenvalue weighted by Gasteiger charge is -2.29. The molecule has 3 atom stereocenters. The van der Waals surface area contributed by atoms with Crippen LogP contribution < -0.4 is 14.7 Å². The number of hydrogen-bond donors (Lipinski definition) is 0. The summed E-state index contributed by atoms with van der Waals surface area (Å²) >= 11 is 6.00. The number of alkyl halides is 3. The van der Waals surface area contributed by atoms with E-state index in [1.165, 1.54) is 17.2 Å². The van der Waals surface area contributed by atoms with E-state index in [4.69, 9.17) is 21.2 Å². The van der Waals surface area contributed by atoms with Gasteiger partial charge in [0.1, 0.15) is 11.7 Å². The fourth-order valence-corrected chi connectivity index (χ4v) is 4.67. The van der Waals surface area contributed by atoms with Gasteiger partial charge in [0.05, 0.1) is 29.6 Å². The first-order valence-electron chi connectivity index (χ1n) is 11.2. The van der Waals surface area contributed by atoms with Crippen LogP contribution in [-0.2, 0) is 20.6 Å². The number of imide groups is 1. The first-order chi connectivity index (χ1) is 17.2. The predicted octanol–water partition coefficient (Wildman–Crippen LogP) is 5.81. The number of rotatable bonds is 5. The highest BCUT2D eigenvalue weighted by molar-refractivity contribution is 6.30. The van der Waals surface area contributed by atoms with Gasteiger partial charge in [0.15, 0.2) is 6.10 Å². The zero-order chi connectivity index (χ0) is 25.6. The molecule has 186 valence electrons. The number of nitrogens with zero attached hydrogens (tertiary/aromatic N) is 2. The molecule has 0 radical (unpaired) electrons. The van der Waals surface area contributed by atoms with E-state index in [9.17, 15) is 22.8 Å². The molecule has 2 fully saturated rings. The summed E-state index contributed by atoms with van der Waals surface area (Å²) in [5.41, 5.74) is 0.451. The van der Waals surface area contributed by atoms with Gasteiger partial charge in [-0.2, -0.15) is 13.2 Å². The molecule has 36 heavy (non-hydrogen) atoms. The molecule has 5 rings (SSSR count). The first kappa shape index (κ1) is 24.1. The zero-order valence-corrected chi connectivity index (χ0v) is 19.7. The molecule has 0 spiro atoms. The maximum atomic E-state index is 13.6. The molecule has 2 aliphatic heterocycles. The molecule has 0 aromatic heterocycles. The van der Waals surface area contributed by atoms with Crippen molar-refractivity contribution in [2.24, 2.45) is 5.92 Å². The van der Waals surface area contributed by atoms with Gasteiger partial charge >= 0.3 is 6.18 Å². The van der Waals surface area contributed by atoms with E-state index in [1.807, 2.05) is 6.92 Å². The number of benzene rings is 3. The van der Waals surface area contributed by atoms with Gasteiger partial charge in [-0.25, -0.2) is 9.96 Å². The summed E-state index contributed by atoms with van der Waals surface area (Å²) < 4.78 is 44.9. The summed E-state index contributed by atoms with van der Waals surface area (Å²) in [5, 5.41) is 1.87. The molecule has 3 unspecified atom stereocenters. The number of hydroxylamine groups is 1. The highest BCUT2D eigenvalue weighted by atomic mass is 35.5. The Balaban J connectivity index is 1.53. The number of carbonyl (C=O) groups is 2. The lowest BCUT2D eigenvalue weighted by molar-refractivity contribution is -0.137. The summed E-state index contributed by atoms with van der Waals surface area (Å²) in [7, 11) is 0. The number of halogens is 4. The van der Waals surface area contributed by atoms with Crippen LogP contribution in [0.15, 0.2) is 72.8 Å². The Kier molecular flexibility index (Phi) is 6.13. The molecule has 2 amide bonds. The van der Waals surface area contributed by atoms with E-state index in [0.29, 0.717) is 34.3 Å². The van der Waals surface area contributed by atoms with E-state index < -0.39 is 41.6 Å². The third kappa shape index (κ3) is 4.18. The quantitative estimate of drug-likeness (QED) is 0.401. The van der Waals surface area contributed by atoms with Crippen molar-refractivity contribution in [3.8, 4) is 5.75 Å². The maximum Gasteiger partial charge on any atom is 0.416 e. The number of anilines is 2. The van der Waals surface area contributed by atoms with Crippen LogP contribution in [-0.4, -0.2) is 24.5 Å². The smallest absolute Gasteiger partial charge is 0.416 e. The van der Waals surface area contributed by atoms with E-state index in [1.54, 1.807) is 48.5 Å². The summed E-state index contributed by atoms with van der Waals surface area (Å²) in [6.45, 7) is 2.31. The van der Waals surface area contributed by atoms with E-state index >= 15 is 0 Å². The summed E-state index contributed by atoms with van der Waals surface area (Å²) in [6.07, 6.45) is -5.65. The second-order valence-electron chi connectivity index (χ2n) is 8.36. The van der Waals surface area contributed by atoms with Crippen LogP contribution >= 0.6 is 11.6 Å². The number of fused-ring (bicyclic) bond motifs is 1. The molecule has 2 saturated heterocycles. The molecule has 3 aromatic rings. The van der Waals surface area contributed by atoms with Crippen LogP contribution in [0.4, 0.5) is 24.5 Å². The van der Waals surface area contributed by atoms with Crippen LogP contribution in [0.2, 0.25) is 5.02 Å². The highest BCUT2D eigenvalue weighted by Gasteiger charge is 2.60.